The van der Waals surface area contributed by atoms with Crippen molar-refractivity contribution >= 4 is 121 Å². The average molecular weight is 751 g/mol. The highest BCUT2D eigenvalue weighted by Gasteiger charge is 2.18. The molecule has 266 valence electrons. The van der Waals surface area contributed by atoms with Crippen molar-refractivity contribution < 1.29 is 4.42 Å². The zero-order chi connectivity index (χ0) is 40.6. The van der Waals surface area contributed by atoms with Crippen LogP contribution in [0.15, 0.2) is 162 Å². The Balaban J connectivity index is 1.02. The van der Waals surface area contributed by atoms with Crippen LogP contribution in [0.5, 0.6) is 0 Å². The third-order valence-electron chi connectivity index (χ3n) is 11.6. The number of furan rings is 1. The van der Waals surface area contributed by atoms with Gasteiger partial charge in [0.2, 0.25) is 0 Å². The SMILES string of the molecule is [B]c1c([B])c([B])c(-c2ccc(-c3nc(-c4ccccc4)nc(-c4ccc5oc6ccc(-c7ccc8c9ccccc9c9ccccc9c8c7)cc6c5c4)n3)cc2)c([B])c1[B]. The monoisotopic (exact) mass is 751 g/mol. The molecule has 10 radical (unpaired) electrons. The first kappa shape index (κ1) is 36.0. The van der Waals surface area contributed by atoms with Crippen molar-refractivity contribution in [2.45, 2.75) is 0 Å². The third kappa shape index (κ3) is 5.79. The number of hydrogen-bond acceptors (Lipinski definition) is 4. The largest absolute Gasteiger partial charge is 0.456 e. The minimum atomic E-state index is 0.172. The van der Waals surface area contributed by atoms with Gasteiger partial charge in [-0.1, -0.05) is 132 Å². The van der Waals surface area contributed by atoms with Crippen molar-refractivity contribution in [3.8, 4) is 56.4 Å². The van der Waals surface area contributed by atoms with Gasteiger partial charge in [0.05, 0.1) is 0 Å². The summed E-state index contributed by atoms with van der Waals surface area (Å²) in [5, 5.41) is 9.43. The van der Waals surface area contributed by atoms with Crippen molar-refractivity contribution in [3.63, 3.8) is 0 Å². The molecule has 0 amide bonds. The first-order valence-electron chi connectivity index (χ1n) is 19.5. The Morgan fingerprint density at radius 1 is 0.283 bits per heavy atom. The van der Waals surface area contributed by atoms with Crippen LogP contribution in [0.3, 0.4) is 0 Å². The minimum absolute atomic E-state index is 0.172. The molecule has 2 aromatic heterocycles. The molecule has 9 aromatic carbocycles. The molecule has 11 rings (SSSR count). The highest BCUT2D eigenvalue weighted by molar-refractivity contribution is 6.68. The predicted octanol–water partition coefficient (Wildman–Crippen LogP) is 7.53. The van der Waals surface area contributed by atoms with E-state index >= 15 is 0 Å². The van der Waals surface area contributed by atoms with Crippen LogP contribution in [0, 0.1) is 0 Å². The van der Waals surface area contributed by atoms with E-state index in [2.05, 4.69) is 91.0 Å². The van der Waals surface area contributed by atoms with Gasteiger partial charge in [-0.05, 0) is 91.0 Å². The molecular weight excluding hydrogens is 725 g/mol. The third-order valence-corrected chi connectivity index (χ3v) is 11.6. The molecule has 0 aliphatic carbocycles. The van der Waals surface area contributed by atoms with E-state index in [-0.39, 0.29) is 27.3 Å². The lowest BCUT2D eigenvalue weighted by Crippen LogP contribution is -2.55. The fourth-order valence-corrected chi connectivity index (χ4v) is 8.48. The molecule has 0 fully saturated rings. The quantitative estimate of drug-likeness (QED) is 0.135. The number of hydrogen-bond donors (Lipinski definition) is 0. The van der Waals surface area contributed by atoms with E-state index in [0.717, 1.165) is 55.3 Å². The van der Waals surface area contributed by atoms with E-state index in [1.165, 1.54) is 32.3 Å². The summed E-state index contributed by atoms with van der Waals surface area (Å²) in [5.74, 6) is 1.57. The number of nitrogens with zero attached hydrogens (tertiary/aromatic N) is 3. The second-order valence-electron chi connectivity index (χ2n) is 15.1. The summed E-state index contributed by atoms with van der Waals surface area (Å²) in [4.78, 5) is 15.0. The topological polar surface area (TPSA) is 51.8 Å². The van der Waals surface area contributed by atoms with Gasteiger partial charge in [0, 0.05) is 27.5 Å². The predicted molar refractivity (Wildman–Crippen MR) is 254 cm³/mol. The maximum Gasteiger partial charge on any atom is 0.164 e. The Labute approximate surface area is 352 Å². The van der Waals surface area contributed by atoms with Crippen LogP contribution in [0.25, 0.3) is 111 Å². The molecule has 0 saturated heterocycles. The maximum absolute atomic E-state index is 6.39. The van der Waals surface area contributed by atoms with Gasteiger partial charge in [0.1, 0.15) is 50.4 Å². The Morgan fingerprint density at radius 2 is 0.650 bits per heavy atom. The van der Waals surface area contributed by atoms with Gasteiger partial charge in [-0.2, -0.15) is 0 Å². The summed E-state index contributed by atoms with van der Waals surface area (Å²) in [6.07, 6.45) is 0. The molecule has 0 unspecified atom stereocenters. The van der Waals surface area contributed by atoms with E-state index < -0.39 is 0 Å². The normalized spacial score (nSPS) is 11.7. The van der Waals surface area contributed by atoms with E-state index in [4.69, 9.17) is 58.6 Å². The van der Waals surface area contributed by atoms with E-state index in [9.17, 15) is 0 Å². The van der Waals surface area contributed by atoms with Crippen LogP contribution in [0.4, 0.5) is 0 Å². The smallest absolute Gasteiger partial charge is 0.164 e. The zero-order valence-corrected chi connectivity index (χ0v) is 32.1. The van der Waals surface area contributed by atoms with Crippen LogP contribution in [-0.4, -0.2) is 54.2 Å². The highest BCUT2D eigenvalue weighted by atomic mass is 16.3. The molecular formula is C51H26B5N3O. The Kier molecular flexibility index (Phi) is 8.42. The van der Waals surface area contributed by atoms with Crippen LogP contribution in [0.2, 0.25) is 0 Å². The van der Waals surface area contributed by atoms with Crippen molar-refractivity contribution in [2.24, 2.45) is 0 Å². The van der Waals surface area contributed by atoms with E-state index in [0.29, 0.717) is 23.0 Å². The lowest BCUT2D eigenvalue weighted by molar-refractivity contribution is 0.669. The Hall–Kier alpha value is -7.11. The molecule has 0 spiro atoms. The van der Waals surface area contributed by atoms with Crippen LogP contribution >= 0.6 is 0 Å². The van der Waals surface area contributed by atoms with Gasteiger partial charge in [0.15, 0.2) is 17.5 Å². The summed E-state index contributed by atoms with van der Waals surface area (Å²) >= 11 is 0. The van der Waals surface area contributed by atoms with Gasteiger partial charge >= 0.3 is 0 Å². The number of rotatable bonds is 5. The highest BCUT2D eigenvalue weighted by Crippen LogP contribution is 2.39. The van der Waals surface area contributed by atoms with Crippen LogP contribution in [-0.2, 0) is 0 Å². The number of fused-ring (bicyclic) bond motifs is 9. The van der Waals surface area contributed by atoms with Crippen LogP contribution in [0.1, 0.15) is 0 Å². The molecule has 0 N–H and O–H groups in total. The molecule has 0 bridgehead atoms. The Bertz CT molecular complexity index is 3490. The summed E-state index contributed by atoms with van der Waals surface area (Å²) in [7, 11) is 31.2. The van der Waals surface area contributed by atoms with E-state index in [1.54, 1.807) is 0 Å². The molecule has 4 nitrogen and oxygen atoms in total. The van der Waals surface area contributed by atoms with Gasteiger partial charge < -0.3 is 4.42 Å². The zero-order valence-electron chi connectivity index (χ0n) is 32.1. The van der Waals surface area contributed by atoms with Crippen LogP contribution < -0.4 is 27.3 Å². The second-order valence-corrected chi connectivity index (χ2v) is 15.1. The van der Waals surface area contributed by atoms with Gasteiger partial charge in [-0.25, -0.2) is 15.0 Å². The molecule has 0 atom stereocenters. The molecule has 2 heterocycles. The average Bonchev–Trinajstić information content (AvgIpc) is 3.68. The van der Waals surface area contributed by atoms with Crippen molar-refractivity contribution in [1.29, 1.82) is 0 Å². The maximum atomic E-state index is 6.39. The number of benzene rings is 9. The molecule has 11 aromatic rings. The summed E-state index contributed by atoms with van der Waals surface area (Å²) in [6.45, 7) is 0. The molecule has 0 saturated carbocycles. The van der Waals surface area contributed by atoms with Crippen molar-refractivity contribution in [1.82, 2.24) is 15.0 Å². The molecule has 9 heteroatoms. The second kappa shape index (κ2) is 14.0. The molecule has 60 heavy (non-hydrogen) atoms. The first-order chi connectivity index (χ1) is 29.3. The summed E-state index contributed by atoms with van der Waals surface area (Å²) in [5.41, 5.74) is 8.63. The van der Waals surface area contributed by atoms with E-state index in [1.807, 2.05) is 66.7 Å². The van der Waals surface area contributed by atoms with Gasteiger partial charge in [0.25, 0.3) is 0 Å². The molecule has 0 aliphatic heterocycles. The van der Waals surface area contributed by atoms with Crippen molar-refractivity contribution in [2.75, 3.05) is 0 Å². The first-order valence-corrected chi connectivity index (χ1v) is 19.5. The fourth-order valence-electron chi connectivity index (χ4n) is 8.48. The minimum Gasteiger partial charge on any atom is -0.456 e. The molecule has 0 aliphatic rings. The lowest BCUT2D eigenvalue weighted by atomic mass is 9.59. The van der Waals surface area contributed by atoms with Gasteiger partial charge in [-0.15, -0.1) is 16.4 Å². The summed E-state index contributed by atoms with van der Waals surface area (Å²) in [6, 6.07) is 54.0. The van der Waals surface area contributed by atoms with Crippen molar-refractivity contribution in [3.05, 3.63) is 158 Å². The standard InChI is InChI=1S/C51H26B5N3O/c52-44-43(45(53)47(55)48(56)46(44)54)27-14-16-29(17-15-27)50-57-49(28-8-2-1-3-9-28)58-51(59-50)32-20-23-42-40(26-32)39-25-31(19-22-41(39)60-42)30-18-21-37-35-12-5-4-10-33(35)34-11-6-7-13-36(34)38(37)24-30/h1-26H. The number of aromatic nitrogens is 3. The van der Waals surface area contributed by atoms with Gasteiger partial charge in [-0.3, -0.25) is 0 Å². The fraction of sp³-hybridized carbons (Fsp3) is 0. The summed E-state index contributed by atoms with van der Waals surface area (Å²) < 4.78 is 6.39. The Morgan fingerprint density at radius 3 is 1.22 bits per heavy atom. The lowest BCUT2D eigenvalue weighted by Gasteiger charge is -2.21.